The van der Waals surface area contributed by atoms with Crippen LogP contribution in [0.5, 0.6) is 0 Å². The van der Waals surface area contributed by atoms with Crippen LogP contribution in [0.2, 0.25) is 0 Å². The van der Waals surface area contributed by atoms with E-state index in [9.17, 15) is 12.8 Å². The maximum Gasteiger partial charge on any atom is 0.261 e. The normalized spacial score (nSPS) is 11.3. The Morgan fingerprint density at radius 1 is 1.11 bits per heavy atom. The molecule has 0 saturated carbocycles. The fraction of sp³-hybridized carbons (Fsp3) is 0.0769. The maximum atomic E-state index is 13.6. The molecule has 0 aliphatic rings. The monoisotopic (exact) mass is 343 g/mol. The van der Waals surface area contributed by atoms with Gasteiger partial charge in [-0.05, 0) is 48.9 Å². The van der Waals surface area contributed by atoms with Crippen molar-refractivity contribution < 1.29 is 12.8 Å². The predicted molar refractivity (Wildman–Crippen MR) is 76.1 cm³/mol. The lowest BCUT2D eigenvalue weighted by atomic mass is 10.2. The molecule has 1 N–H and O–H groups in total. The number of nitrogens with one attached hydrogen (secondary N) is 1. The average Bonchev–Trinajstić information content (AvgIpc) is 2.33. The van der Waals surface area contributed by atoms with Gasteiger partial charge < -0.3 is 0 Å². The first-order valence-corrected chi connectivity index (χ1v) is 7.71. The van der Waals surface area contributed by atoms with Crippen molar-refractivity contribution in [2.45, 2.75) is 11.8 Å². The lowest BCUT2D eigenvalue weighted by Gasteiger charge is -2.09. The van der Waals surface area contributed by atoms with Crippen LogP contribution < -0.4 is 4.72 Å². The Bertz CT molecular complexity index is 699. The van der Waals surface area contributed by atoms with E-state index >= 15 is 0 Å². The largest absolute Gasteiger partial charge is 0.277 e. The molecule has 6 heteroatoms. The van der Waals surface area contributed by atoms with Crippen molar-refractivity contribution in [3.63, 3.8) is 0 Å². The van der Waals surface area contributed by atoms with Gasteiger partial charge in [-0.25, -0.2) is 12.8 Å². The van der Waals surface area contributed by atoms with Gasteiger partial charge in [0.15, 0.2) is 0 Å². The number of aryl methyl sites for hydroxylation is 1. The molecule has 0 amide bonds. The van der Waals surface area contributed by atoms with Gasteiger partial charge in [-0.3, -0.25) is 4.72 Å². The van der Waals surface area contributed by atoms with Gasteiger partial charge in [-0.1, -0.05) is 22.0 Å². The van der Waals surface area contributed by atoms with E-state index in [1.807, 2.05) is 0 Å². The minimum Gasteiger partial charge on any atom is -0.277 e. The second-order valence-corrected chi connectivity index (χ2v) is 6.64. The third-order valence-electron chi connectivity index (χ3n) is 2.49. The lowest BCUT2D eigenvalue weighted by Crippen LogP contribution is -2.13. The van der Waals surface area contributed by atoms with Crippen molar-refractivity contribution >= 4 is 31.6 Å². The first-order valence-electron chi connectivity index (χ1n) is 5.43. The molecule has 0 heterocycles. The van der Waals surface area contributed by atoms with Crippen LogP contribution in [0.3, 0.4) is 0 Å². The van der Waals surface area contributed by atoms with Gasteiger partial charge in [0.2, 0.25) is 0 Å². The van der Waals surface area contributed by atoms with Crippen LogP contribution in [0.25, 0.3) is 0 Å². The Balaban J connectivity index is 2.33. The molecule has 0 aliphatic carbocycles. The minimum absolute atomic E-state index is 0.0616. The van der Waals surface area contributed by atoms with Crippen LogP contribution >= 0.6 is 15.9 Å². The minimum atomic E-state index is -3.78. The molecule has 0 radical (unpaired) electrons. The fourth-order valence-corrected chi connectivity index (χ4v) is 2.85. The van der Waals surface area contributed by atoms with Gasteiger partial charge in [-0.15, -0.1) is 0 Å². The second-order valence-electron chi connectivity index (χ2n) is 4.04. The van der Waals surface area contributed by atoms with Gasteiger partial charge >= 0.3 is 0 Å². The zero-order chi connectivity index (χ0) is 14.0. The molecule has 3 nitrogen and oxygen atoms in total. The predicted octanol–water partition coefficient (Wildman–Crippen LogP) is 3.70. The van der Waals surface area contributed by atoms with E-state index in [-0.39, 0.29) is 10.6 Å². The summed E-state index contributed by atoms with van der Waals surface area (Å²) in [6, 6.07) is 10.4. The first kappa shape index (κ1) is 14.0. The van der Waals surface area contributed by atoms with E-state index in [1.165, 1.54) is 24.3 Å². The summed E-state index contributed by atoms with van der Waals surface area (Å²) in [7, 11) is -3.78. The molecule has 2 aromatic carbocycles. The number of hydrogen-bond donors (Lipinski definition) is 1. The molecule has 2 aromatic rings. The molecule has 0 unspecified atom stereocenters. The van der Waals surface area contributed by atoms with Crippen molar-refractivity contribution in [1.29, 1.82) is 0 Å². The summed E-state index contributed by atoms with van der Waals surface area (Å²) in [6.45, 7) is 1.73. The number of benzene rings is 2. The van der Waals surface area contributed by atoms with Gasteiger partial charge in [0.1, 0.15) is 5.82 Å². The Morgan fingerprint density at radius 2 is 1.74 bits per heavy atom. The van der Waals surface area contributed by atoms with Crippen LogP contribution in [-0.2, 0) is 10.0 Å². The molecular weight excluding hydrogens is 333 g/mol. The lowest BCUT2D eigenvalue weighted by molar-refractivity contribution is 0.598. The maximum absolute atomic E-state index is 13.6. The van der Waals surface area contributed by atoms with E-state index in [0.29, 0.717) is 0 Å². The second kappa shape index (κ2) is 5.30. The molecule has 0 spiro atoms. The van der Waals surface area contributed by atoms with Crippen LogP contribution in [-0.4, -0.2) is 8.42 Å². The summed E-state index contributed by atoms with van der Waals surface area (Å²) in [5.41, 5.74) is 0.664. The number of anilines is 1. The van der Waals surface area contributed by atoms with Gasteiger partial charge in [0.25, 0.3) is 10.0 Å². The molecule has 19 heavy (non-hydrogen) atoms. The van der Waals surface area contributed by atoms with Gasteiger partial charge in [0, 0.05) is 4.47 Å². The molecule has 0 atom stereocenters. The smallest absolute Gasteiger partial charge is 0.261 e. The average molecular weight is 344 g/mol. The molecule has 0 fully saturated rings. The summed E-state index contributed by atoms with van der Waals surface area (Å²) >= 11 is 3.22. The molecule has 0 bridgehead atoms. The van der Waals surface area contributed by atoms with Crippen LogP contribution in [0.4, 0.5) is 10.1 Å². The van der Waals surface area contributed by atoms with Gasteiger partial charge in [-0.2, -0.15) is 0 Å². The Labute approximate surface area is 119 Å². The zero-order valence-corrected chi connectivity index (χ0v) is 12.4. The highest BCUT2D eigenvalue weighted by molar-refractivity contribution is 9.10. The standard InChI is InChI=1S/C13H11BrFNO2S/c1-9-2-7-13(12(15)8-9)16-19(17,18)11-5-3-10(14)4-6-11/h2-8,16H,1H3. The number of sulfonamides is 1. The third-order valence-corrected chi connectivity index (χ3v) is 4.40. The van der Waals surface area contributed by atoms with Crippen molar-refractivity contribution in [2.24, 2.45) is 0 Å². The van der Waals surface area contributed by atoms with Crippen molar-refractivity contribution in [3.8, 4) is 0 Å². The van der Waals surface area contributed by atoms with E-state index in [4.69, 9.17) is 0 Å². The molecule has 0 aromatic heterocycles. The molecule has 0 saturated heterocycles. The van der Waals surface area contributed by atoms with Crippen LogP contribution in [0, 0.1) is 12.7 Å². The van der Waals surface area contributed by atoms with Crippen LogP contribution in [0.15, 0.2) is 51.8 Å². The summed E-state index contributed by atoms with van der Waals surface area (Å²) in [6.07, 6.45) is 0. The number of halogens is 2. The van der Waals surface area contributed by atoms with Crippen molar-refractivity contribution in [3.05, 3.63) is 58.3 Å². The van der Waals surface area contributed by atoms with E-state index < -0.39 is 15.8 Å². The van der Waals surface area contributed by atoms with Crippen LogP contribution in [0.1, 0.15) is 5.56 Å². The quantitative estimate of drug-likeness (QED) is 0.923. The molecule has 2 rings (SSSR count). The Morgan fingerprint density at radius 3 is 2.32 bits per heavy atom. The molecule has 0 aliphatic heterocycles. The number of rotatable bonds is 3. The third kappa shape index (κ3) is 3.33. The molecule has 100 valence electrons. The zero-order valence-electron chi connectivity index (χ0n) is 10.0. The van der Waals surface area contributed by atoms with Crippen molar-refractivity contribution in [1.82, 2.24) is 0 Å². The SMILES string of the molecule is Cc1ccc(NS(=O)(=O)c2ccc(Br)cc2)c(F)c1. The Hall–Kier alpha value is -1.40. The van der Waals surface area contributed by atoms with E-state index in [2.05, 4.69) is 20.7 Å². The highest BCUT2D eigenvalue weighted by Gasteiger charge is 2.15. The van der Waals surface area contributed by atoms with E-state index in [1.54, 1.807) is 25.1 Å². The number of hydrogen-bond acceptors (Lipinski definition) is 2. The van der Waals surface area contributed by atoms with Crippen molar-refractivity contribution in [2.75, 3.05) is 4.72 Å². The van der Waals surface area contributed by atoms with E-state index in [0.717, 1.165) is 10.0 Å². The molecular formula is C13H11BrFNO2S. The summed E-state index contributed by atoms with van der Waals surface area (Å²) in [4.78, 5) is 0.0793. The highest BCUT2D eigenvalue weighted by atomic mass is 79.9. The summed E-state index contributed by atoms with van der Waals surface area (Å²) in [5.74, 6) is -0.597. The highest BCUT2D eigenvalue weighted by Crippen LogP contribution is 2.21. The fourth-order valence-electron chi connectivity index (χ4n) is 1.52. The summed E-state index contributed by atoms with van der Waals surface area (Å²) < 4.78 is 40.7. The Kier molecular flexibility index (Phi) is 3.91. The topological polar surface area (TPSA) is 46.2 Å². The van der Waals surface area contributed by atoms with Gasteiger partial charge in [0.05, 0.1) is 10.6 Å². The first-order chi connectivity index (χ1) is 8.88. The summed E-state index contributed by atoms with van der Waals surface area (Å²) in [5, 5.41) is 0.